The first-order chi connectivity index (χ1) is 13.5. The Labute approximate surface area is 169 Å². The molecule has 2 aliphatic heterocycles. The van der Waals surface area contributed by atoms with Crippen LogP contribution in [0.15, 0.2) is 42.5 Å². The number of carbonyl (C=O) groups excluding carboxylic acids is 2. The minimum atomic E-state index is -0.141. The Morgan fingerprint density at radius 1 is 1.07 bits per heavy atom. The van der Waals surface area contributed by atoms with Gasteiger partial charge in [-0.25, -0.2) is 4.79 Å². The van der Waals surface area contributed by atoms with E-state index in [-0.39, 0.29) is 18.5 Å². The van der Waals surface area contributed by atoms with Crippen molar-refractivity contribution in [1.82, 2.24) is 9.80 Å². The van der Waals surface area contributed by atoms with Crippen LogP contribution in [-0.2, 0) is 17.8 Å². The molecule has 2 aromatic carbocycles. The largest absolute Gasteiger partial charge is 0.497 e. The highest BCUT2D eigenvalue weighted by Gasteiger charge is 2.32. The van der Waals surface area contributed by atoms with Crippen LogP contribution in [0.2, 0.25) is 5.02 Å². The van der Waals surface area contributed by atoms with Gasteiger partial charge >= 0.3 is 6.03 Å². The molecule has 0 bridgehead atoms. The topological polar surface area (TPSA) is 53.1 Å². The highest BCUT2D eigenvalue weighted by atomic mass is 35.5. The number of carbonyl (C=O) groups is 2. The van der Waals surface area contributed by atoms with E-state index in [4.69, 9.17) is 16.3 Å². The van der Waals surface area contributed by atoms with E-state index in [9.17, 15) is 9.59 Å². The normalized spacial score (nSPS) is 16.4. The maximum atomic E-state index is 12.8. The van der Waals surface area contributed by atoms with E-state index in [1.165, 1.54) is 5.56 Å². The molecule has 4 rings (SSSR count). The molecular weight excluding hydrogens is 378 g/mol. The minimum Gasteiger partial charge on any atom is -0.497 e. The van der Waals surface area contributed by atoms with Gasteiger partial charge < -0.3 is 14.5 Å². The standard InChI is InChI=1S/C21H22ClN3O3/c1-28-19-7-2-16-13-23(9-8-15(16)12-19)20(26)14-24-10-11-25(21(24)27)18-5-3-17(22)4-6-18/h2-7,12H,8-11,13-14H2,1H3. The van der Waals surface area contributed by atoms with Crippen molar-refractivity contribution >= 4 is 29.2 Å². The van der Waals surface area contributed by atoms with Gasteiger partial charge in [-0.1, -0.05) is 17.7 Å². The van der Waals surface area contributed by atoms with Crippen molar-refractivity contribution in [3.05, 3.63) is 58.6 Å². The number of rotatable bonds is 4. The van der Waals surface area contributed by atoms with E-state index < -0.39 is 0 Å². The number of hydrogen-bond acceptors (Lipinski definition) is 3. The molecule has 0 radical (unpaired) electrons. The molecule has 0 aliphatic carbocycles. The number of ether oxygens (including phenoxy) is 1. The summed E-state index contributed by atoms with van der Waals surface area (Å²) in [6.07, 6.45) is 0.795. The minimum absolute atomic E-state index is 0.0206. The van der Waals surface area contributed by atoms with Crippen molar-refractivity contribution in [2.24, 2.45) is 0 Å². The lowest BCUT2D eigenvalue weighted by Gasteiger charge is -2.30. The summed E-state index contributed by atoms with van der Waals surface area (Å²) in [7, 11) is 1.65. The number of halogens is 1. The molecule has 2 aromatic rings. The van der Waals surface area contributed by atoms with Crippen LogP contribution in [0.3, 0.4) is 0 Å². The highest BCUT2D eigenvalue weighted by Crippen LogP contribution is 2.25. The lowest BCUT2D eigenvalue weighted by atomic mass is 9.99. The average molecular weight is 400 g/mol. The maximum Gasteiger partial charge on any atom is 0.325 e. The molecule has 2 aliphatic rings. The predicted octanol–water partition coefficient (Wildman–Crippen LogP) is 3.18. The van der Waals surface area contributed by atoms with E-state index in [2.05, 4.69) is 0 Å². The molecule has 146 valence electrons. The predicted molar refractivity (Wildman–Crippen MR) is 108 cm³/mol. The fourth-order valence-electron chi connectivity index (χ4n) is 3.72. The van der Waals surface area contributed by atoms with Gasteiger partial charge in [-0.2, -0.15) is 0 Å². The van der Waals surface area contributed by atoms with Crippen LogP contribution in [0.1, 0.15) is 11.1 Å². The first-order valence-corrected chi connectivity index (χ1v) is 9.68. The molecule has 28 heavy (non-hydrogen) atoms. The fraction of sp³-hybridized carbons (Fsp3) is 0.333. The van der Waals surface area contributed by atoms with Gasteiger partial charge in [-0.05, 0) is 53.9 Å². The van der Waals surface area contributed by atoms with Crippen molar-refractivity contribution < 1.29 is 14.3 Å². The summed E-state index contributed by atoms with van der Waals surface area (Å²) in [5.74, 6) is 0.816. The average Bonchev–Trinajstić information content (AvgIpc) is 3.08. The molecule has 1 saturated heterocycles. The van der Waals surface area contributed by atoms with Gasteiger partial charge in [0.15, 0.2) is 0 Å². The van der Waals surface area contributed by atoms with Crippen molar-refractivity contribution in [2.75, 3.05) is 38.2 Å². The molecule has 7 heteroatoms. The molecule has 2 heterocycles. The Balaban J connectivity index is 1.39. The van der Waals surface area contributed by atoms with Gasteiger partial charge in [0, 0.05) is 36.9 Å². The summed E-state index contributed by atoms with van der Waals surface area (Å²) in [6, 6.07) is 13.0. The number of amides is 3. The summed E-state index contributed by atoms with van der Waals surface area (Å²) < 4.78 is 5.27. The van der Waals surface area contributed by atoms with Crippen LogP contribution >= 0.6 is 11.6 Å². The number of benzene rings is 2. The van der Waals surface area contributed by atoms with Crippen LogP contribution in [0, 0.1) is 0 Å². The maximum absolute atomic E-state index is 12.8. The van der Waals surface area contributed by atoms with E-state index >= 15 is 0 Å². The zero-order chi connectivity index (χ0) is 19.7. The molecular formula is C21H22ClN3O3. The number of urea groups is 1. The van der Waals surface area contributed by atoms with E-state index in [0.717, 1.165) is 23.4 Å². The Bertz CT molecular complexity index is 900. The van der Waals surface area contributed by atoms with Gasteiger partial charge in [0.2, 0.25) is 5.91 Å². The zero-order valence-corrected chi connectivity index (χ0v) is 16.5. The number of methoxy groups -OCH3 is 1. The second-order valence-corrected chi connectivity index (χ2v) is 7.47. The molecule has 0 unspecified atom stereocenters. The van der Waals surface area contributed by atoms with Gasteiger partial charge in [0.25, 0.3) is 0 Å². The Kier molecular flexibility index (Phi) is 5.13. The molecule has 0 aromatic heterocycles. The van der Waals surface area contributed by atoms with Crippen molar-refractivity contribution in [3.8, 4) is 5.75 Å². The first-order valence-electron chi connectivity index (χ1n) is 9.31. The molecule has 1 fully saturated rings. The summed E-state index contributed by atoms with van der Waals surface area (Å²) in [4.78, 5) is 30.6. The Hall–Kier alpha value is -2.73. The SMILES string of the molecule is COc1ccc2c(c1)CCN(C(=O)CN1CCN(c3ccc(Cl)cc3)C1=O)C2. The Morgan fingerprint density at radius 3 is 2.61 bits per heavy atom. The number of anilines is 1. The smallest absolute Gasteiger partial charge is 0.325 e. The molecule has 3 amide bonds. The van der Waals surface area contributed by atoms with Crippen LogP contribution in [0.25, 0.3) is 0 Å². The monoisotopic (exact) mass is 399 g/mol. The lowest BCUT2D eigenvalue weighted by Crippen LogP contribution is -2.44. The molecule has 0 spiro atoms. The quantitative estimate of drug-likeness (QED) is 0.793. The second-order valence-electron chi connectivity index (χ2n) is 7.03. The number of hydrogen-bond donors (Lipinski definition) is 0. The third-order valence-electron chi connectivity index (χ3n) is 5.34. The number of nitrogens with zero attached hydrogens (tertiary/aromatic N) is 3. The van der Waals surface area contributed by atoms with E-state index in [1.54, 1.807) is 29.0 Å². The van der Waals surface area contributed by atoms with E-state index in [1.807, 2.05) is 35.2 Å². The van der Waals surface area contributed by atoms with Crippen LogP contribution in [0.4, 0.5) is 10.5 Å². The Morgan fingerprint density at radius 2 is 1.86 bits per heavy atom. The number of fused-ring (bicyclic) bond motifs is 1. The second kappa shape index (κ2) is 7.72. The van der Waals surface area contributed by atoms with Gasteiger partial charge in [0.1, 0.15) is 12.3 Å². The third-order valence-corrected chi connectivity index (χ3v) is 5.59. The molecule has 0 atom stereocenters. The van der Waals surface area contributed by atoms with Crippen LogP contribution in [-0.4, -0.2) is 55.0 Å². The molecule has 6 nitrogen and oxygen atoms in total. The first kappa shape index (κ1) is 18.6. The van der Waals surface area contributed by atoms with Crippen LogP contribution < -0.4 is 9.64 Å². The highest BCUT2D eigenvalue weighted by molar-refractivity contribution is 6.30. The molecule has 0 N–H and O–H groups in total. The van der Waals surface area contributed by atoms with E-state index in [0.29, 0.717) is 31.2 Å². The van der Waals surface area contributed by atoms with Crippen molar-refractivity contribution in [3.63, 3.8) is 0 Å². The summed E-state index contributed by atoms with van der Waals surface area (Å²) in [6.45, 7) is 2.43. The van der Waals surface area contributed by atoms with Gasteiger partial charge in [0.05, 0.1) is 7.11 Å². The summed E-state index contributed by atoms with van der Waals surface area (Å²) in [5.41, 5.74) is 3.15. The third kappa shape index (κ3) is 3.64. The van der Waals surface area contributed by atoms with Crippen molar-refractivity contribution in [1.29, 1.82) is 0 Å². The summed E-state index contributed by atoms with van der Waals surface area (Å²) >= 11 is 5.92. The lowest BCUT2D eigenvalue weighted by molar-refractivity contribution is -0.132. The van der Waals surface area contributed by atoms with Crippen LogP contribution in [0.5, 0.6) is 5.75 Å². The molecule has 0 saturated carbocycles. The zero-order valence-electron chi connectivity index (χ0n) is 15.7. The fourth-order valence-corrected chi connectivity index (χ4v) is 3.85. The van der Waals surface area contributed by atoms with Gasteiger partial charge in [-0.15, -0.1) is 0 Å². The van der Waals surface area contributed by atoms with Crippen molar-refractivity contribution in [2.45, 2.75) is 13.0 Å². The van der Waals surface area contributed by atoms with Gasteiger partial charge in [-0.3, -0.25) is 9.69 Å². The summed E-state index contributed by atoms with van der Waals surface area (Å²) in [5, 5.41) is 0.630.